The quantitative estimate of drug-likeness (QED) is 0.311. The second-order valence-corrected chi connectivity index (χ2v) is 8.29. The molecule has 0 atom stereocenters. The van der Waals surface area contributed by atoms with Crippen LogP contribution in [0.2, 0.25) is 5.02 Å². The molecule has 0 amide bonds. The van der Waals surface area contributed by atoms with Crippen LogP contribution in [0.5, 0.6) is 11.5 Å². The molecule has 0 saturated carbocycles. The maximum atomic E-state index is 13.5. The maximum absolute atomic E-state index is 13.5. The average Bonchev–Trinajstić information content (AvgIpc) is 3.45. The van der Waals surface area contributed by atoms with Crippen molar-refractivity contribution >= 4 is 29.5 Å². The van der Waals surface area contributed by atoms with Gasteiger partial charge in [-0.2, -0.15) is 5.26 Å². The van der Waals surface area contributed by atoms with E-state index in [0.717, 1.165) is 11.1 Å². The average molecular weight is 463 g/mol. The fourth-order valence-corrected chi connectivity index (χ4v) is 4.59. The number of hydrogen-bond donors (Lipinski definition) is 0. The first-order valence-electron chi connectivity index (χ1n) is 10.6. The molecule has 5 nitrogen and oxygen atoms in total. The van der Waals surface area contributed by atoms with Crippen LogP contribution in [0.25, 0.3) is 34.5 Å². The van der Waals surface area contributed by atoms with Crippen LogP contribution in [-0.2, 0) is 0 Å². The lowest BCUT2D eigenvalue weighted by Gasteiger charge is -2.13. The van der Waals surface area contributed by atoms with Gasteiger partial charge in [-0.1, -0.05) is 66.2 Å². The molecule has 0 N–H and O–H groups in total. The van der Waals surface area contributed by atoms with Crippen molar-refractivity contribution in [3.8, 4) is 40.0 Å². The molecule has 0 fully saturated rings. The number of ketones is 1. The van der Waals surface area contributed by atoms with Gasteiger partial charge in [-0.3, -0.25) is 4.79 Å². The van der Waals surface area contributed by atoms with E-state index in [1.54, 1.807) is 30.3 Å². The third-order valence-electron chi connectivity index (χ3n) is 5.98. The van der Waals surface area contributed by atoms with Crippen molar-refractivity contribution < 1.29 is 14.3 Å². The summed E-state index contributed by atoms with van der Waals surface area (Å²) in [4.78, 5) is 18.3. The zero-order valence-corrected chi connectivity index (χ0v) is 18.5. The summed E-state index contributed by atoms with van der Waals surface area (Å²) in [5.41, 5.74) is 5.10. The van der Waals surface area contributed by atoms with Crippen molar-refractivity contribution in [2.45, 2.75) is 0 Å². The molecule has 162 valence electrons. The van der Waals surface area contributed by atoms with Crippen molar-refractivity contribution in [2.75, 3.05) is 6.79 Å². The number of aromatic nitrogens is 1. The molecule has 0 radical (unpaired) electrons. The zero-order chi connectivity index (χ0) is 23.2. The molecule has 34 heavy (non-hydrogen) atoms. The molecule has 0 saturated heterocycles. The summed E-state index contributed by atoms with van der Waals surface area (Å²) in [7, 11) is 0. The second kappa shape index (κ2) is 7.87. The van der Waals surface area contributed by atoms with E-state index >= 15 is 0 Å². The minimum Gasteiger partial charge on any atom is -0.454 e. The summed E-state index contributed by atoms with van der Waals surface area (Å²) >= 11 is 6.32. The van der Waals surface area contributed by atoms with Gasteiger partial charge in [-0.05, 0) is 35.4 Å². The van der Waals surface area contributed by atoms with Gasteiger partial charge in [-0.15, -0.1) is 0 Å². The molecular formula is C28H15ClN2O3. The Labute approximate surface area is 200 Å². The van der Waals surface area contributed by atoms with Crippen LogP contribution in [0.1, 0.15) is 32.7 Å². The standard InChI is InChI=1S/C28H15ClN2O3/c29-21-8-4-1-5-16(21)9-11-22-20(14-30)25(17-10-12-23-24(13-17)34-15-33-23)26-27(31-22)18-6-2-3-7-19(18)28(26)32/h1-13H,15H2. The Morgan fingerprint density at radius 2 is 1.68 bits per heavy atom. The molecule has 0 spiro atoms. The molecule has 2 heterocycles. The van der Waals surface area contributed by atoms with Crippen LogP contribution in [0, 0.1) is 11.3 Å². The van der Waals surface area contributed by atoms with Gasteiger partial charge in [0.25, 0.3) is 0 Å². The zero-order valence-electron chi connectivity index (χ0n) is 17.7. The van der Waals surface area contributed by atoms with Crippen LogP contribution in [0.3, 0.4) is 0 Å². The summed E-state index contributed by atoms with van der Waals surface area (Å²) in [5.74, 6) is 1.05. The fourth-order valence-electron chi connectivity index (χ4n) is 4.40. The molecule has 2 aliphatic rings. The predicted molar refractivity (Wildman–Crippen MR) is 130 cm³/mol. The number of carbonyl (C=O) groups is 1. The predicted octanol–water partition coefficient (Wildman–Crippen LogP) is 6.38. The van der Waals surface area contributed by atoms with Gasteiger partial charge in [0.2, 0.25) is 6.79 Å². The molecule has 6 rings (SSSR count). The highest BCUT2D eigenvalue weighted by Crippen LogP contribution is 2.45. The van der Waals surface area contributed by atoms with Crippen molar-refractivity contribution in [1.29, 1.82) is 5.26 Å². The molecule has 0 bridgehead atoms. The lowest BCUT2D eigenvalue weighted by Crippen LogP contribution is -2.04. The molecular weight excluding hydrogens is 448 g/mol. The summed E-state index contributed by atoms with van der Waals surface area (Å²) in [6.07, 6.45) is 3.59. The van der Waals surface area contributed by atoms with Gasteiger partial charge in [0, 0.05) is 21.7 Å². The molecule has 6 heteroatoms. The van der Waals surface area contributed by atoms with Crippen molar-refractivity contribution in [1.82, 2.24) is 4.98 Å². The van der Waals surface area contributed by atoms with Crippen molar-refractivity contribution in [2.24, 2.45) is 0 Å². The number of fused-ring (bicyclic) bond motifs is 4. The van der Waals surface area contributed by atoms with E-state index in [2.05, 4.69) is 6.07 Å². The molecule has 1 aromatic heterocycles. The maximum Gasteiger partial charge on any atom is 0.231 e. The summed E-state index contributed by atoms with van der Waals surface area (Å²) < 4.78 is 11.0. The topological polar surface area (TPSA) is 72.2 Å². The van der Waals surface area contributed by atoms with Crippen LogP contribution in [-0.4, -0.2) is 17.6 Å². The Balaban J connectivity index is 1.63. The van der Waals surface area contributed by atoms with Gasteiger partial charge in [0.15, 0.2) is 17.3 Å². The van der Waals surface area contributed by atoms with Crippen LogP contribution in [0.15, 0.2) is 66.7 Å². The SMILES string of the molecule is N#Cc1c(C=Cc2ccccc2Cl)nc2c(c1-c1ccc3c(c1)OCO3)C(=O)c1ccccc1-2. The second-order valence-electron chi connectivity index (χ2n) is 7.88. The van der Waals surface area contributed by atoms with E-state index in [1.807, 2.05) is 48.5 Å². The lowest BCUT2D eigenvalue weighted by molar-refractivity contribution is 0.104. The fraction of sp³-hybridized carbons (Fsp3) is 0.0357. The highest BCUT2D eigenvalue weighted by molar-refractivity contribution is 6.32. The van der Waals surface area contributed by atoms with Crippen molar-refractivity contribution in [3.63, 3.8) is 0 Å². The first-order valence-corrected chi connectivity index (χ1v) is 11.0. The largest absolute Gasteiger partial charge is 0.454 e. The number of nitriles is 1. The Bertz CT molecular complexity index is 1580. The number of benzene rings is 3. The Morgan fingerprint density at radius 1 is 0.912 bits per heavy atom. The summed E-state index contributed by atoms with van der Waals surface area (Å²) in [6, 6.07) is 22.5. The molecule has 4 aromatic rings. The van der Waals surface area contributed by atoms with E-state index in [4.69, 9.17) is 26.1 Å². The van der Waals surface area contributed by atoms with Gasteiger partial charge < -0.3 is 9.47 Å². The van der Waals surface area contributed by atoms with E-state index < -0.39 is 0 Å². The van der Waals surface area contributed by atoms with Crippen molar-refractivity contribution in [3.05, 3.63) is 99.7 Å². The minimum absolute atomic E-state index is 0.133. The van der Waals surface area contributed by atoms with Gasteiger partial charge in [0.05, 0.1) is 22.5 Å². The van der Waals surface area contributed by atoms with E-state index in [1.165, 1.54) is 0 Å². The normalized spacial score (nSPS) is 13.1. The van der Waals surface area contributed by atoms with Gasteiger partial charge in [0.1, 0.15) is 6.07 Å². The molecule has 1 aliphatic carbocycles. The number of rotatable bonds is 3. The minimum atomic E-state index is -0.149. The molecule has 3 aromatic carbocycles. The third kappa shape index (κ3) is 3.08. The number of ether oxygens (including phenoxy) is 2. The number of hydrogen-bond acceptors (Lipinski definition) is 5. The Morgan fingerprint density at radius 3 is 2.50 bits per heavy atom. The summed E-state index contributed by atoms with van der Waals surface area (Å²) in [5, 5.41) is 10.8. The van der Waals surface area contributed by atoms with E-state index in [-0.39, 0.29) is 12.6 Å². The van der Waals surface area contributed by atoms with Crippen LogP contribution in [0.4, 0.5) is 0 Å². The Hall–Kier alpha value is -4.40. The van der Waals surface area contributed by atoms with Gasteiger partial charge >= 0.3 is 0 Å². The van der Waals surface area contributed by atoms with Gasteiger partial charge in [-0.25, -0.2) is 4.98 Å². The molecule has 0 unspecified atom stereocenters. The number of nitrogens with zero attached hydrogens (tertiary/aromatic N) is 2. The highest BCUT2D eigenvalue weighted by Gasteiger charge is 2.34. The Kier molecular flexibility index (Phi) is 4.68. The highest BCUT2D eigenvalue weighted by atomic mass is 35.5. The van der Waals surface area contributed by atoms with Crippen LogP contribution >= 0.6 is 11.6 Å². The smallest absolute Gasteiger partial charge is 0.231 e. The number of halogens is 1. The van der Waals surface area contributed by atoms with Crippen LogP contribution < -0.4 is 9.47 Å². The third-order valence-corrected chi connectivity index (χ3v) is 6.32. The number of pyridine rings is 1. The monoisotopic (exact) mass is 462 g/mol. The summed E-state index contributed by atoms with van der Waals surface area (Å²) in [6.45, 7) is 0.133. The van der Waals surface area contributed by atoms with E-state index in [9.17, 15) is 10.1 Å². The van der Waals surface area contributed by atoms with E-state index in [0.29, 0.717) is 55.7 Å². The molecule has 1 aliphatic heterocycles. The number of carbonyl (C=O) groups excluding carboxylic acids is 1. The first kappa shape index (κ1) is 20.2. The first-order chi connectivity index (χ1) is 16.7. The lowest BCUT2D eigenvalue weighted by atomic mass is 9.91.